The van der Waals surface area contributed by atoms with Gasteiger partial charge in [-0.3, -0.25) is 9.48 Å². The van der Waals surface area contributed by atoms with E-state index in [4.69, 9.17) is 18.0 Å². The van der Waals surface area contributed by atoms with E-state index in [9.17, 15) is 9.18 Å². The van der Waals surface area contributed by atoms with Crippen molar-refractivity contribution in [2.24, 2.45) is 12.8 Å². The van der Waals surface area contributed by atoms with Gasteiger partial charge in [0, 0.05) is 7.05 Å². The molecule has 0 saturated heterocycles. The SMILES string of the molecule is Cn1ncc(C(N)=S)c1NC(=O)c1cccc(F)c1Br. The summed E-state index contributed by atoms with van der Waals surface area (Å²) in [6.45, 7) is 0. The lowest BCUT2D eigenvalue weighted by atomic mass is 10.2. The van der Waals surface area contributed by atoms with Crippen molar-refractivity contribution in [3.8, 4) is 0 Å². The molecule has 2 rings (SSSR count). The number of nitrogens with two attached hydrogens (primary N) is 1. The van der Waals surface area contributed by atoms with E-state index in [1.807, 2.05) is 0 Å². The maximum absolute atomic E-state index is 13.4. The zero-order valence-corrected chi connectivity index (χ0v) is 12.8. The topological polar surface area (TPSA) is 72.9 Å². The standard InChI is InChI=1S/C12H10BrFN4OS/c1-18-11(7(5-16-18)10(15)20)17-12(19)6-3-2-4-8(14)9(6)13/h2-5H,1H3,(H2,15,20)(H,17,19). The fourth-order valence-corrected chi connectivity index (χ4v) is 2.21. The average molecular weight is 357 g/mol. The molecular weight excluding hydrogens is 347 g/mol. The minimum absolute atomic E-state index is 0.0940. The number of amides is 1. The Morgan fingerprint density at radius 1 is 1.50 bits per heavy atom. The van der Waals surface area contributed by atoms with Crippen molar-refractivity contribution in [3.63, 3.8) is 0 Å². The Morgan fingerprint density at radius 3 is 2.85 bits per heavy atom. The van der Waals surface area contributed by atoms with E-state index in [0.717, 1.165) is 0 Å². The molecule has 5 nitrogen and oxygen atoms in total. The van der Waals surface area contributed by atoms with Gasteiger partial charge in [0.25, 0.3) is 5.91 Å². The average Bonchev–Trinajstić information content (AvgIpc) is 2.74. The fourth-order valence-electron chi connectivity index (χ4n) is 1.62. The lowest BCUT2D eigenvalue weighted by Gasteiger charge is -2.09. The van der Waals surface area contributed by atoms with Gasteiger partial charge in [0.15, 0.2) is 0 Å². The Labute approximate surface area is 128 Å². The molecule has 104 valence electrons. The summed E-state index contributed by atoms with van der Waals surface area (Å²) in [6, 6.07) is 4.21. The lowest BCUT2D eigenvalue weighted by molar-refractivity contribution is 0.102. The summed E-state index contributed by atoms with van der Waals surface area (Å²) in [6.07, 6.45) is 1.46. The van der Waals surface area contributed by atoms with E-state index in [0.29, 0.717) is 11.4 Å². The molecule has 0 spiro atoms. The molecule has 0 aliphatic carbocycles. The van der Waals surface area contributed by atoms with Crippen molar-refractivity contribution in [1.82, 2.24) is 9.78 Å². The Balaban J connectivity index is 2.35. The Morgan fingerprint density at radius 2 is 2.20 bits per heavy atom. The Hall–Kier alpha value is -1.80. The Kier molecular flexibility index (Phi) is 4.15. The number of thiocarbonyl (C=S) groups is 1. The van der Waals surface area contributed by atoms with Gasteiger partial charge in [-0.15, -0.1) is 0 Å². The smallest absolute Gasteiger partial charge is 0.258 e. The van der Waals surface area contributed by atoms with Gasteiger partial charge in [0.05, 0.1) is 21.8 Å². The largest absolute Gasteiger partial charge is 0.389 e. The summed E-state index contributed by atoms with van der Waals surface area (Å²) in [5, 5.41) is 6.60. The van der Waals surface area contributed by atoms with Crippen LogP contribution in [-0.2, 0) is 7.05 Å². The maximum Gasteiger partial charge on any atom is 0.258 e. The third kappa shape index (κ3) is 2.70. The molecule has 1 amide bonds. The van der Waals surface area contributed by atoms with Gasteiger partial charge < -0.3 is 11.1 Å². The van der Waals surface area contributed by atoms with Crippen molar-refractivity contribution in [3.05, 3.63) is 45.8 Å². The lowest BCUT2D eigenvalue weighted by Crippen LogP contribution is -2.19. The van der Waals surface area contributed by atoms with E-state index in [1.165, 1.54) is 29.1 Å². The molecule has 1 heterocycles. The first-order valence-electron chi connectivity index (χ1n) is 5.49. The highest BCUT2D eigenvalue weighted by Gasteiger charge is 2.17. The van der Waals surface area contributed by atoms with E-state index < -0.39 is 11.7 Å². The van der Waals surface area contributed by atoms with Crippen LogP contribution in [0.2, 0.25) is 0 Å². The normalized spacial score (nSPS) is 10.3. The van der Waals surface area contributed by atoms with Gasteiger partial charge in [0.1, 0.15) is 16.6 Å². The van der Waals surface area contributed by atoms with Gasteiger partial charge in [0.2, 0.25) is 0 Å². The molecule has 3 N–H and O–H groups in total. The number of hydrogen-bond donors (Lipinski definition) is 2. The molecule has 0 atom stereocenters. The molecule has 0 radical (unpaired) electrons. The molecule has 2 aromatic rings. The van der Waals surface area contributed by atoms with E-state index >= 15 is 0 Å². The van der Waals surface area contributed by atoms with Gasteiger partial charge in [-0.2, -0.15) is 5.10 Å². The summed E-state index contributed by atoms with van der Waals surface area (Å²) in [5.74, 6) is -0.645. The van der Waals surface area contributed by atoms with Crippen molar-refractivity contribution in [2.45, 2.75) is 0 Å². The molecule has 1 aromatic heterocycles. The molecule has 0 unspecified atom stereocenters. The highest BCUT2D eigenvalue weighted by atomic mass is 79.9. The van der Waals surface area contributed by atoms with Crippen LogP contribution in [0, 0.1) is 5.82 Å². The molecule has 20 heavy (non-hydrogen) atoms. The van der Waals surface area contributed by atoms with Gasteiger partial charge >= 0.3 is 0 Å². The van der Waals surface area contributed by atoms with E-state index in [-0.39, 0.29) is 15.0 Å². The van der Waals surface area contributed by atoms with Crippen LogP contribution in [-0.4, -0.2) is 20.7 Å². The zero-order chi connectivity index (χ0) is 14.9. The van der Waals surface area contributed by atoms with Crippen molar-refractivity contribution < 1.29 is 9.18 Å². The van der Waals surface area contributed by atoms with E-state index in [2.05, 4.69) is 26.3 Å². The van der Waals surface area contributed by atoms with Crippen LogP contribution < -0.4 is 11.1 Å². The number of aryl methyl sites for hydroxylation is 1. The predicted octanol–water partition coefficient (Wildman–Crippen LogP) is 2.21. The first kappa shape index (κ1) is 14.6. The summed E-state index contributed by atoms with van der Waals surface area (Å²) < 4.78 is 14.9. The fraction of sp³-hybridized carbons (Fsp3) is 0.0833. The third-order valence-corrected chi connectivity index (χ3v) is 3.66. The van der Waals surface area contributed by atoms with Crippen LogP contribution in [0.25, 0.3) is 0 Å². The zero-order valence-electron chi connectivity index (χ0n) is 10.4. The maximum atomic E-state index is 13.4. The second-order valence-electron chi connectivity index (χ2n) is 3.95. The van der Waals surface area contributed by atoms with Crippen molar-refractivity contribution in [1.29, 1.82) is 0 Å². The third-order valence-electron chi connectivity index (χ3n) is 2.63. The number of nitrogens with zero attached hydrogens (tertiary/aromatic N) is 2. The van der Waals surface area contributed by atoms with Crippen LogP contribution in [0.3, 0.4) is 0 Å². The predicted molar refractivity (Wildman–Crippen MR) is 81.1 cm³/mol. The second kappa shape index (κ2) is 5.68. The number of benzene rings is 1. The number of aromatic nitrogens is 2. The van der Waals surface area contributed by atoms with Gasteiger partial charge in [-0.25, -0.2) is 4.39 Å². The number of rotatable bonds is 3. The monoisotopic (exact) mass is 356 g/mol. The summed E-state index contributed by atoms with van der Waals surface area (Å²) >= 11 is 7.92. The van der Waals surface area contributed by atoms with E-state index in [1.54, 1.807) is 7.05 Å². The minimum atomic E-state index is -0.516. The van der Waals surface area contributed by atoms with Gasteiger partial charge in [-0.1, -0.05) is 18.3 Å². The first-order chi connectivity index (χ1) is 9.41. The molecule has 1 aromatic carbocycles. The number of hydrogen-bond acceptors (Lipinski definition) is 3. The van der Waals surface area contributed by atoms with Crippen LogP contribution in [0.4, 0.5) is 10.2 Å². The number of nitrogens with one attached hydrogen (secondary N) is 1. The van der Waals surface area contributed by atoms with Crippen LogP contribution in [0.15, 0.2) is 28.9 Å². The number of carbonyl (C=O) groups is 1. The molecular formula is C12H10BrFN4OS. The minimum Gasteiger partial charge on any atom is -0.389 e. The van der Waals surface area contributed by atoms with Crippen LogP contribution in [0.1, 0.15) is 15.9 Å². The first-order valence-corrected chi connectivity index (χ1v) is 6.69. The summed E-state index contributed by atoms with van der Waals surface area (Å²) in [4.78, 5) is 12.3. The van der Waals surface area contributed by atoms with Crippen LogP contribution in [0.5, 0.6) is 0 Å². The van der Waals surface area contributed by atoms with Crippen molar-refractivity contribution >= 4 is 44.9 Å². The molecule has 0 saturated carbocycles. The quantitative estimate of drug-likeness (QED) is 0.827. The molecule has 0 aliphatic heterocycles. The number of anilines is 1. The van der Waals surface area contributed by atoms with Crippen LogP contribution >= 0.6 is 28.1 Å². The number of halogens is 2. The number of carbonyl (C=O) groups excluding carboxylic acids is 1. The molecule has 0 bridgehead atoms. The second-order valence-corrected chi connectivity index (χ2v) is 5.18. The molecule has 8 heteroatoms. The Bertz CT molecular complexity index is 701. The van der Waals surface area contributed by atoms with Gasteiger partial charge in [-0.05, 0) is 28.1 Å². The molecule has 0 aliphatic rings. The summed E-state index contributed by atoms with van der Waals surface area (Å²) in [5.41, 5.74) is 6.17. The van der Waals surface area contributed by atoms with Crippen molar-refractivity contribution in [2.75, 3.05) is 5.32 Å². The summed E-state index contributed by atoms with van der Waals surface area (Å²) in [7, 11) is 1.64. The highest BCUT2D eigenvalue weighted by molar-refractivity contribution is 9.10. The highest BCUT2D eigenvalue weighted by Crippen LogP contribution is 2.22. The molecule has 0 fully saturated rings.